The van der Waals surface area contributed by atoms with E-state index < -0.39 is 6.04 Å². The van der Waals surface area contributed by atoms with Crippen LogP contribution in [-0.4, -0.2) is 57.9 Å². The Morgan fingerprint density at radius 1 is 0.976 bits per heavy atom. The third-order valence-corrected chi connectivity index (χ3v) is 6.72. The number of nitrogens with one attached hydrogen (secondary N) is 1. The lowest BCUT2D eigenvalue weighted by atomic mass is 10.0. The van der Waals surface area contributed by atoms with E-state index in [0.717, 1.165) is 16.8 Å². The number of methoxy groups -OCH3 is 1. The van der Waals surface area contributed by atoms with Crippen molar-refractivity contribution < 1.29 is 14.3 Å². The molecule has 41 heavy (non-hydrogen) atoms. The van der Waals surface area contributed by atoms with Crippen LogP contribution >= 0.6 is 0 Å². The van der Waals surface area contributed by atoms with Gasteiger partial charge in [-0.15, -0.1) is 5.10 Å². The zero-order valence-electron chi connectivity index (χ0n) is 23.1. The molecule has 0 aliphatic rings. The Kier molecular flexibility index (Phi) is 8.19. The minimum Gasteiger partial charge on any atom is -0.497 e. The molecule has 0 bridgehead atoms. The molecule has 2 aromatic heterocycles. The fraction of sp³-hybridized carbons (Fsp3) is 0.194. The molecule has 2 amide bonds. The maximum Gasteiger partial charge on any atom is 0.251 e. The summed E-state index contributed by atoms with van der Waals surface area (Å²) in [5.41, 5.74) is 4.41. The predicted molar refractivity (Wildman–Crippen MR) is 157 cm³/mol. The summed E-state index contributed by atoms with van der Waals surface area (Å²) in [7, 11) is 5.47. The molecular weight excluding hydrogens is 518 g/mol. The number of aromatic nitrogens is 4. The van der Waals surface area contributed by atoms with Crippen LogP contribution in [0.1, 0.15) is 17.2 Å². The summed E-state index contributed by atoms with van der Waals surface area (Å²) >= 11 is 0. The van der Waals surface area contributed by atoms with Gasteiger partial charge in [-0.25, -0.2) is 4.68 Å². The number of hydrogen-bond acceptors (Lipinski definition) is 7. The average molecular weight is 550 g/mol. The Bertz CT molecular complexity index is 1630. The summed E-state index contributed by atoms with van der Waals surface area (Å²) in [4.78, 5) is 35.9. The second-order valence-electron chi connectivity index (χ2n) is 9.73. The molecule has 5 rings (SSSR count). The van der Waals surface area contributed by atoms with Gasteiger partial charge in [-0.05, 0) is 65.7 Å². The van der Waals surface area contributed by atoms with Crippen LogP contribution in [0.25, 0.3) is 11.0 Å². The van der Waals surface area contributed by atoms with Crippen LogP contribution in [0.4, 0.5) is 11.4 Å². The van der Waals surface area contributed by atoms with Gasteiger partial charge in [0.1, 0.15) is 23.9 Å². The van der Waals surface area contributed by atoms with E-state index in [-0.39, 0.29) is 24.9 Å². The molecule has 0 unspecified atom stereocenters. The molecule has 208 valence electrons. The molecule has 1 N–H and O–H groups in total. The largest absolute Gasteiger partial charge is 0.497 e. The molecule has 1 atom stereocenters. The third kappa shape index (κ3) is 6.33. The van der Waals surface area contributed by atoms with Gasteiger partial charge < -0.3 is 19.9 Å². The summed E-state index contributed by atoms with van der Waals surface area (Å²) in [6.07, 6.45) is 3.35. The summed E-state index contributed by atoms with van der Waals surface area (Å²) in [5.74, 6) is -0.0985. The molecule has 0 spiro atoms. The molecule has 2 heterocycles. The number of hydrogen-bond donors (Lipinski definition) is 1. The van der Waals surface area contributed by atoms with Crippen LogP contribution < -0.4 is 15.0 Å². The minimum atomic E-state index is -0.985. The van der Waals surface area contributed by atoms with Gasteiger partial charge in [-0.3, -0.25) is 14.6 Å². The number of pyridine rings is 1. The van der Waals surface area contributed by atoms with Crippen molar-refractivity contribution in [1.29, 1.82) is 0 Å². The molecule has 0 radical (unpaired) electrons. The lowest BCUT2D eigenvalue weighted by Crippen LogP contribution is -2.42. The number of amides is 2. The van der Waals surface area contributed by atoms with Crippen molar-refractivity contribution in [3.05, 3.63) is 108 Å². The molecule has 10 nitrogen and oxygen atoms in total. The molecule has 10 heteroatoms. The van der Waals surface area contributed by atoms with Crippen molar-refractivity contribution in [3.8, 4) is 5.75 Å². The molecular formula is C31H31N7O3. The molecule has 0 aliphatic heterocycles. The van der Waals surface area contributed by atoms with E-state index in [1.54, 1.807) is 53.4 Å². The standard InChI is InChI=1S/C31H31N7O3/c1-36(2)25-15-13-24(14-16-25)33-31(40)30(23-9-6-10-26(18-23)41-3)37(20-22-8-7-17-32-19-22)29(39)21-38-28-12-5-4-11-27(28)34-35-38/h4-19,30H,20-21H2,1-3H3,(H,33,40)/t30-/m0/s1. The van der Waals surface area contributed by atoms with E-state index in [1.165, 1.54) is 0 Å². The number of ether oxygens (including phenoxy) is 1. The van der Waals surface area contributed by atoms with Crippen LogP contribution in [0, 0.1) is 0 Å². The van der Waals surface area contributed by atoms with E-state index >= 15 is 0 Å². The lowest BCUT2D eigenvalue weighted by molar-refractivity contribution is -0.140. The Morgan fingerprint density at radius 3 is 2.51 bits per heavy atom. The number of para-hydroxylation sites is 1. The van der Waals surface area contributed by atoms with Crippen molar-refractivity contribution in [3.63, 3.8) is 0 Å². The zero-order valence-corrected chi connectivity index (χ0v) is 23.1. The van der Waals surface area contributed by atoms with Crippen molar-refractivity contribution in [2.45, 2.75) is 19.1 Å². The number of rotatable bonds is 10. The third-order valence-electron chi connectivity index (χ3n) is 6.72. The van der Waals surface area contributed by atoms with Crippen molar-refractivity contribution >= 4 is 34.2 Å². The quantitative estimate of drug-likeness (QED) is 0.277. The van der Waals surface area contributed by atoms with Gasteiger partial charge in [0.15, 0.2) is 0 Å². The van der Waals surface area contributed by atoms with Crippen LogP contribution in [0.2, 0.25) is 0 Å². The van der Waals surface area contributed by atoms with Gasteiger partial charge in [0, 0.05) is 44.4 Å². The number of anilines is 2. The first-order valence-electron chi connectivity index (χ1n) is 13.1. The molecule has 5 aromatic rings. The van der Waals surface area contributed by atoms with E-state index in [2.05, 4.69) is 20.6 Å². The van der Waals surface area contributed by atoms with E-state index in [0.29, 0.717) is 22.5 Å². The van der Waals surface area contributed by atoms with Gasteiger partial charge in [0.25, 0.3) is 5.91 Å². The maximum atomic E-state index is 14.1. The van der Waals surface area contributed by atoms with Gasteiger partial charge >= 0.3 is 0 Å². The van der Waals surface area contributed by atoms with Crippen LogP contribution in [0.3, 0.4) is 0 Å². The van der Waals surface area contributed by atoms with Crippen LogP contribution in [0.15, 0.2) is 97.3 Å². The summed E-state index contributed by atoms with van der Waals surface area (Å²) in [6, 6.07) is 24.8. The second-order valence-corrected chi connectivity index (χ2v) is 9.73. The molecule has 3 aromatic carbocycles. The van der Waals surface area contributed by atoms with Crippen molar-refractivity contribution in [2.75, 3.05) is 31.4 Å². The van der Waals surface area contributed by atoms with E-state index in [1.807, 2.05) is 79.7 Å². The summed E-state index contributed by atoms with van der Waals surface area (Å²) in [5, 5.41) is 11.4. The normalized spacial score (nSPS) is 11.6. The summed E-state index contributed by atoms with van der Waals surface area (Å²) < 4.78 is 7.01. The maximum absolute atomic E-state index is 14.1. The fourth-order valence-corrected chi connectivity index (χ4v) is 4.60. The zero-order chi connectivity index (χ0) is 28.8. The molecule has 0 fully saturated rings. The molecule has 0 saturated carbocycles. The average Bonchev–Trinajstić information content (AvgIpc) is 3.40. The number of carbonyl (C=O) groups is 2. The fourth-order valence-electron chi connectivity index (χ4n) is 4.60. The first-order valence-corrected chi connectivity index (χ1v) is 13.1. The lowest BCUT2D eigenvalue weighted by Gasteiger charge is -2.31. The van der Waals surface area contributed by atoms with E-state index in [9.17, 15) is 9.59 Å². The highest BCUT2D eigenvalue weighted by Crippen LogP contribution is 2.29. The second kappa shape index (κ2) is 12.3. The van der Waals surface area contributed by atoms with Gasteiger partial charge in [0.2, 0.25) is 5.91 Å². The smallest absolute Gasteiger partial charge is 0.251 e. The monoisotopic (exact) mass is 549 g/mol. The van der Waals surface area contributed by atoms with Crippen molar-refractivity contribution in [2.24, 2.45) is 0 Å². The minimum absolute atomic E-state index is 0.105. The topological polar surface area (TPSA) is 105 Å². The van der Waals surface area contributed by atoms with Gasteiger partial charge in [0.05, 0.1) is 12.6 Å². The van der Waals surface area contributed by atoms with E-state index in [4.69, 9.17) is 4.74 Å². The van der Waals surface area contributed by atoms with Crippen LogP contribution in [0.5, 0.6) is 5.75 Å². The first-order chi connectivity index (χ1) is 19.9. The Labute approximate surface area is 238 Å². The number of fused-ring (bicyclic) bond motifs is 1. The molecule has 0 aliphatic carbocycles. The number of nitrogens with zero attached hydrogens (tertiary/aromatic N) is 6. The highest BCUT2D eigenvalue weighted by atomic mass is 16.5. The van der Waals surface area contributed by atoms with Gasteiger partial charge in [-0.1, -0.05) is 35.5 Å². The Hall–Kier alpha value is -5.25. The highest BCUT2D eigenvalue weighted by molar-refractivity contribution is 5.98. The number of carbonyl (C=O) groups excluding carboxylic acids is 2. The predicted octanol–water partition coefficient (Wildman–Crippen LogP) is 4.31. The SMILES string of the molecule is COc1cccc([C@@H](C(=O)Nc2ccc(N(C)C)cc2)N(Cc2cccnc2)C(=O)Cn2nnc3ccccc32)c1. The first kappa shape index (κ1) is 27.3. The molecule has 0 saturated heterocycles. The Balaban J connectivity index is 1.54. The Morgan fingerprint density at radius 2 is 1.78 bits per heavy atom. The van der Waals surface area contributed by atoms with Crippen molar-refractivity contribution in [1.82, 2.24) is 24.9 Å². The summed E-state index contributed by atoms with van der Waals surface area (Å²) in [6.45, 7) is 0.0419. The highest BCUT2D eigenvalue weighted by Gasteiger charge is 2.32. The van der Waals surface area contributed by atoms with Gasteiger partial charge in [-0.2, -0.15) is 0 Å². The van der Waals surface area contributed by atoms with Crippen LogP contribution in [-0.2, 0) is 22.7 Å². The number of benzene rings is 3.